The van der Waals surface area contributed by atoms with Crippen molar-refractivity contribution >= 4 is 12.4 Å². The van der Waals surface area contributed by atoms with E-state index < -0.39 is 0 Å². The number of terminal acetylenes is 1. The van der Waals surface area contributed by atoms with E-state index in [-0.39, 0.29) is 12.4 Å². The predicted molar refractivity (Wildman–Crippen MR) is 74.5 cm³/mol. The Balaban J connectivity index is 0.00000162. The monoisotopic (exact) mass is 267 g/mol. The van der Waals surface area contributed by atoms with E-state index in [0.29, 0.717) is 12.6 Å². The molecule has 0 aromatic heterocycles. The zero-order chi connectivity index (χ0) is 11.9. The lowest BCUT2D eigenvalue weighted by Crippen LogP contribution is -2.28. The van der Waals surface area contributed by atoms with Crippen molar-refractivity contribution in [2.24, 2.45) is 0 Å². The van der Waals surface area contributed by atoms with Crippen LogP contribution in [0.25, 0.3) is 0 Å². The average Bonchev–Trinajstić information content (AvgIpc) is 2.88. The molecule has 2 rings (SSSR count). The van der Waals surface area contributed by atoms with Crippen molar-refractivity contribution in [1.82, 2.24) is 5.32 Å². The molecule has 1 aromatic carbocycles. The largest absolute Gasteiger partial charge is 0.492 e. The topological polar surface area (TPSA) is 30.5 Å². The third-order valence-electron chi connectivity index (χ3n) is 2.76. The first-order chi connectivity index (χ1) is 8.38. The van der Waals surface area contributed by atoms with E-state index in [1.807, 2.05) is 24.3 Å². The molecule has 3 nitrogen and oxygen atoms in total. The highest BCUT2D eigenvalue weighted by Crippen LogP contribution is 2.18. The van der Waals surface area contributed by atoms with Gasteiger partial charge in [-0.1, -0.05) is 5.92 Å². The summed E-state index contributed by atoms with van der Waals surface area (Å²) in [5, 5.41) is 3.39. The second-order valence-electron chi connectivity index (χ2n) is 4.07. The molecule has 1 aliphatic rings. The van der Waals surface area contributed by atoms with Gasteiger partial charge in [-0.15, -0.1) is 18.8 Å². The smallest absolute Gasteiger partial charge is 0.148 e. The van der Waals surface area contributed by atoms with Gasteiger partial charge in [0.1, 0.15) is 24.7 Å². The van der Waals surface area contributed by atoms with Crippen LogP contribution in [0.2, 0.25) is 0 Å². The minimum absolute atomic E-state index is 0. The van der Waals surface area contributed by atoms with Crippen molar-refractivity contribution in [1.29, 1.82) is 0 Å². The lowest BCUT2D eigenvalue weighted by atomic mass is 10.2. The number of hydrogen-bond acceptors (Lipinski definition) is 3. The molecule has 1 atom stereocenters. The molecule has 98 valence electrons. The third kappa shape index (κ3) is 4.48. The maximum atomic E-state index is 5.69. The van der Waals surface area contributed by atoms with Crippen LogP contribution in [0.15, 0.2) is 24.3 Å². The maximum Gasteiger partial charge on any atom is 0.148 e. The normalized spacial score (nSPS) is 17.6. The lowest BCUT2D eigenvalue weighted by Gasteiger charge is -2.12. The highest BCUT2D eigenvalue weighted by atomic mass is 35.5. The van der Waals surface area contributed by atoms with Crippen molar-refractivity contribution in [3.05, 3.63) is 24.3 Å². The number of nitrogens with one attached hydrogen (secondary N) is 1. The van der Waals surface area contributed by atoms with Gasteiger partial charge in [0.05, 0.1) is 0 Å². The Morgan fingerprint density at radius 1 is 1.22 bits per heavy atom. The van der Waals surface area contributed by atoms with Crippen molar-refractivity contribution in [3.8, 4) is 23.8 Å². The minimum Gasteiger partial charge on any atom is -0.492 e. The van der Waals surface area contributed by atoms with E-state index in [1.165, 1.54) is 12.8 Å². The maximum absolute atomic E-state index is 5.69. The van der Waals surface area contributed by atoms with E-state index in [1.54, 1.807) is 0 Å². The van der Waals surface area contributed by atoms with Crippen molar-refractivity contribution in [2.45, 2.75) is 18.9 Å². The average molecular weight is 268 g/mol. The molecule has 4 heteroatoms. The zero-order valence-corrected chi connectivity index (χ0v) is 11.0. The van der Waals surface area contributed by atoms with Gasteiger partial charge in [-0.05, 0) is 43.7 Å². The summed E-state index contributed by atoms with van der Waals surface area (Å²) in [5.74, 6) is 4.07. The molecule has 0 radical (unpaired) electrons. The molecule has 1 unspecified atom stereocenters. The lowest BCUT2D eigenvalue weighted by molar-refractivity contribution is 0.276. The zero-order valence-electron chi connectivity index (χ0n) is 10.2. The van der Waals surface area contributed by atoms with Crippen LogP contribution in [-0.2, 0) is 0 Å². The molecule has 18 heavy (non-hydrogen) atoms. The molecule has 1 aromatic rings. The standard InChI is InChI=1S/C14H17NO2.ClH/c1-2-10-16-13-5-7-14(8-6-13)17-11-12-4-3-9-15-12;/h1,5-8,12,15H,3-4,9-11H2;1H. The molecule has 0 aliphatic carbocycles. The van der Waals surface area contributed by atoms with Crippen LogP contribution in [0, 0.1) is 12.3 Å². The molecule has 1 N–H and O–H groups in total. The predicted octanol–water partition coefficient (Wildman–Crippen LogP) is 2.25. The summed E-state index contributed by atoms with van der Waals surface area (Å²) in [5.41, 5.74) is 0. The molecule has 1 heterocycles. The number of halogens is 1. The number of hydrogen-bond donors (Lipinski definition) is 1. The van der Waals surface area contributed by atoms with Gasteiger partial charge in [0.2, 0.25) is 0 Å². The summed E-state index contributed by atoms with van der Waals surface area (Å²) in [6, 6.07) is 8.04. The first-order valence-corrected chi connectivity index (χ1v) is 5.91. The quantitative estimate of drug-likeness (QED) is 0.830. The fourth-order valence-electron chi connectivity index (χ4n) is 1.85. The Labute approximate surface area is 114 Å². The van der Waals surface area contributed by atoms with Crippen molar-refractivity contribution < 1.29 is 9.47 Å². The first-order valence-electron chi connectivity index (χ1n) is 5.91. The Morgan fingerprint density at radius 2 is 1.89 bits per heavy atom. The fourth-order valence-corrected chi connectivity index (χ4v) is 1.85. The number of benzene rings is 1. The molecular weight excluding hydrogens is 250 g/mol. The summed E-state index contributed by atoms with van der Waals surface area (Å²) in [6.45, 7) is 2.13. The summed E-state index contributed by atoms with van der Waals surface area (Å²) < 4.78 is 11.0. The Bertz CT molecular complexity index is 380. The molecule has 0 spiro atoms. The molecule has 1 fully saturated rings. The molecule has 0 bridgehead atoms. The minimum atomic E-state index is 0. The van der Waals surface area contributed by atoms with Gasteiger partial charge >= 0.3 is 0 Å². The Kier molecular flexibility index (Phi) is 6.42. The van der Waals surface area contributed by atoms with Gasteiger partial charge in [-0.3, -0.25) is 0 Å². The van der Waals surface area contributed by atoms with E-state index >= 15 is 0 Å². The van der Waals surface area contributed by atoms with Gasteiger partial charge < -0.3 is 14.8 Å². The molecule has 1 saturated heterocycles. The highest BCUT2D eigenvalue weighted by molar-refractivity contribution is 5.85. The summed E-state index contributed by atoms with van der Waals surface area (Å²) in [4.78, 5) is 0. The van der Waals surface area contributed by atoms with Gasteiger partial charge in [-0.25, -0.2) is 0 Å². The SMILES string of the molecule is C#CCOc1ccc(OCC2CCCN2)cc1.Cl. The molecule has 0 saturated carbocycles. The summed E-state index contributed by atoms with van der Waals surface area (Å²) in [6.07, 6.45) is 7.56. The summed E-state index contributed by atoms with van der Waals surface area (Å²) in [7, 11) is 0. The van der Waals surface area contributed by atoms with E-state index in [4.69, 9.17) is 15.9 Å². The second kappa shape index (κ2) is 7.86. The van der Waals surface area contributed by atoms with Crippen LogP contribution in [0.3, 0.4) is 0 Å². The molecule has 0 amide bonds. The Morgan fingerprint density at radius 3 is 2.44 bits per heavy atom. The van der Waals surface area contributed by atoms with Crippen molar-refractivity contribution in [3.63, 3.8) is 0 Å². The van der Waals surface area contributed by atoms with E-state index in [2.05, 4.69) is 11.2 Å². The highest BCUT2D eigenvalue weighted by Gasteiger charge is 2.14. The number of ether oxygens (including phenoxy) is 2. The van der Waals surface area contributed by atoms with Gasteiger partial charge in [-0.2, -0.15) is 0 Å². The van der Waals surface area contributed by atoms with E-state index in [9.17, 15) is 0 Å². The van der Waals surface area contributed by atoms with Crippen LogP contribution >= 0.6 is 12.4 Å². The van der Waals surface area contributed by atoms with Gasteiger partial charge in [0.15, 0.2) is 0 Å². The first kappa shape index (κ1) is 14.7. The fraction of sp³-hybridized carbons (Fsp3) is 0.429. The number of rotatable bonds is 5. The van der Waals surface area contributed by atoms with Gasteiger partial charge in [0, 0.05) is 6.04 Å². The Hall–Kier alpha value is -1.37. The van der Waals surface area contributed by atoms with Crippen LogP contribution in [0.1, 0.15) is 12.8 Å². The van der Waals surface area contributed by atoms with E-state index in [0.717, 1.165) is 24.7 Å². The summed E-state index contributed by atoms with van der Waals surface area (Å²) >= 11 is 0. The van der Waals surface area contributed by atoms with Crippen LogP contribution in [-0.4, -0.2) is 25.8 Å². The van der Waals surface area contributed by atoms with Gasteiger partial charge in [0.25, 0.3) is 0 Å². The molecular formula is C14H18ClNO2. The van der Waals surface area contributed by atoms with Crippen LogP contribution in [0.5, 0.6) is 11.5 Å². The third-order valence-corrected chi connectivity index (χ3v) is 2.76. The molecule has 1 aliphatic heterocycles. The van der Waals surface area contributed by atoms with Crippen LogP contribution < -0.4 is 14.8 Å². The second-order valence-corrected chi connectivity index (χ2v) is 4.07. The van der Waals surface area contributed by atoms with Crippen molar-refractivity contribution in [2.75, 3.05) is 19.8 Å². The van der Waals surface area contributed by atoms with Crippen LogP contribution in [0.4, 0.5) is 0 Å².